The van der Waals surface area contributed by atoms with Gasteiger partial charge < -0.3 is 19.7 Å². The molecule has 0 heterocycles. The largest absolute Gasteiger partial charge is 0.507 e. The highest BCUT2D eigenvalue weighted by atomic mass is 16.7. The first kappa shape index (κ1) is 21.4. The summed E-state index contributed by atoms with van der Waals surface area (Å²) in [5.74, 6) is 0.475. The number of benzene rings is 4. The van der Waals surface area contributed by atoms with Gasteiger partial charge in [-0.05, 0) is 25.0 Å². The molecule has 0 spiro atoms. The van der Waals surface area contributed by atoms with E-state index in [0.29, 0.717) is 45.7 Å². The summed E-state index contributed by atoms with van der Waals surface area (Å²) in [5, 5.41) is 35.1. The van der Waals surface area contributed by atoms with Gasteiger partial charge in [-0.3, -0.25) is 10.1 Å². The number of rotatable bonds is 7. The first-order valence-corrected chi connectivity index (χ1v) is 10.2. The van der Waals surface area contributed by atoms with Crippen LogP contribution in [-0.4, -0.2) is 28.5 Å². The number of ether oxygens (including phenoxy) is 2. The molecule has 1 unspecified atom stereocenters. The monoisotopic (exact) mass is 433 g/mol. The van der Waals surface area contributed by atoms with E-state index in [-0.39, 0.29) is 17.2 Å². The number of phenols is 2. The zero-order valence-electron chi connectivity index (χ0n) is 17.7. The van der Waals surface area contributed by atoms with E-state index in [2.05, 4.69) is 0 Å². The van der Waals surface area contributed by atoms with E-state index in [1.54, 1.807) is 54.6 Å². The molecule has 0 fully saturated rings. The molecule has 0 aliphatic carbocycles. The quantitative estimate of drug-likeness (QED) is 0.129. The number of hydrogen-bond acceptors (Lipinski definition) is 6. The van der Waals surface area contributed by atoms with Gasteiger partial charge in [0, 0.05) is 41.3 Å². The molecular formula is C25H23NO6. The minimum atomic E-state index is -0.716. The highest BCUT2D eigenvalue weighted by Gasteiger charge is 2.21. The van der Waals surface area contributed by atoms with E-state index in [1.165, 1.54) is 13.2 Å². The summed E-state index contributed by atoms with van der Waals surface area (Å²) in [6.07, 6.45) is 0.0177. The predicted molar refractivity (Wildman–Crippen MR) is 122 cm³/mol. The van der Waals surface area contributed by atoms with E-state index in [9.17, 15) is 20.3 Å². The second kappa shape index (κ2) is 8.72. The molecule has 0 amide bonds. The fraction of sp³-hybridized carbons (Fsp3) is 0.200. The molecule has 0 bridgehead atoms. The maximum atomic E-state index is 11.3. The summed E-state index contributed by atoms with van der Waals surface area (Å²) >= 11 is 0. The van der Waals surface area contributed by atoms with E-state index in [4.69, 9.17) is 9.47 Å². The first-order valence-electron chi connectivity index (χ1n) is 10.2. The Kier molecular flexibility index (Phi) is 5.83. The molecule has 0 aromatic heterocycles. The normalized spacial score (nSPS) is 12.2. The molecule has 0 aliphatic heterocycles. The molecule has 0 radical (unpaired) electrons. The number of aryl methyl sites for hydroxylation is 2. The van der Waals surface area contributed by atoms with Crippen LogP contribution >= 0.6 is 0 Å². The van der Waals surface area contributed by atoms with Gasteiger partial charge in [-0.15, -0.1) is 0 Å². The SMILES string of the molecule is COC(CCc1ccccc1[N+](=O)[O-])Oc1c(C)ccc2c(O)c3ccccc3c(O)c12. The maximum Gasteiger partial charge on any atom is 0.272 e. The van der Waals surface area contributed by atoms with Crippen LogP contribution in [0.5, 0.6) is 17.2 Å². The number of nitrogens with zero attached hydrogens (tertiary/aromatic N) is 1. The zero-order chi connectivity index (χ0) is 22.8. The molecule has 32 heavy (non-hydrogen) atoms. The van der Waals surface area contributed by atoms with E-state index < -0.39 is 11.2 Å². The summed E-state index contributed by atoms with van der Waals surface area (Å²) in [7, 11) is 1.50. The van der Waals surface area contributed by atoms with Crippen LogP contribution in [-0.2, 0) is 11.2 Å². The van der Waals surface area contributed by atoms with Gasteiger partial charge in [-0.1, -0.05) is 48.5 Å². The van der Waals surface area contributed by atoms with Crippen molar-refractivity contribution in [1.82, 2.24) is 0 Å². The van der Waals surface area contributed by atoms with E-state index in [1.807, 2.05) is 6.92 Å². The van der Waals surface area contributed by atoms with Crippen LogP contribution in [0.1, 0.15) is 17.5 Å². The van der Waals surface area contributed by atoms with Gasteiger partial charge in [0.25, 0.3) is 5.69 Å². The van der Waals surface area contributed by atoms with Crippen molar-refractivity contribution < 1.29 is 24.6 Å². The molecule has 7 nitrogen and oxygen atoms in total. The van der Waals surface area contributed by atoms with Gasteiger partial charge in [-0.25, -0.2) is 0 Å². The first-order chi connectivity index (χ1) is 15.4. The molecule has 0 saturated heterocycles. The number of aromatic hydroxyl groups is 2. The second-order valence-corrected chi connectivity index (χ2v) is 7.58. The number of phenolic OH excluding ortho intramolecular Hbond substituents is 2. The Balaban J connectivity index is 1.71. The zero-order valence-corrected chi connectivity index (χ0v) is 17.7. The molecule has 0 aliphatic rings. The van der Waals surface area contributed by atoms with Crippen LogP contribution in [0.15, 0.2) is 60.7 Å². The van der Waals surface area contributed by atoms with E-state index in [0.717, 1.165) is 5.56 Å². The van der Waals surface area contributed by atoms with Crippen LogP contribution in [0.2, 0.25) is 0 Å². The molecule has 4 rings (SSSR count). The van der Waals surface area contributed by atoms with Crippen molar-refractivity contribution in [1.29, 1.82) is 0 Å². The van der Waals surface area contributed by atoms with Gasteiger partial charge in [-0.2, -0.15) is 0 Å². The third-order valence-corrected chi connectivity index (χ3v) is 5.63. The smallest absolute Gasteiger partial charge is 0.272 e. The Hall–Kier alpha value is -3.84. The molecular weight excluding hydrogens is 410 g/mol. The number of para-hydroxylation sites is 1. The van der Waals surface area contributed by atoms with Crippen molar-refractivity contribution in [3.8, 4) is 17.2 Å². The van der Waals surface area contributed by atoms with Crippen molar-refractivity contribution >= 4 is 27.2 Å². The number of methoxy groups -OCH3 is 1. The molecule has 7 heteroatoms. The minimum absolute atomic E-state index is 0.0145. The Morgan fingerprint density at radius 3 is 2.28 bits per heavy atom. The van der Waals surface area contributed by atoms with Gasteiger partial charge in [0.1, 0.15) is 17.2 Å². The molecule has 4 aromatic carbocycles. The molecule has 1 atom stereocenters. The lowest BCUT2D eigenvalue weighted by Gasteiger charge is -2.21. The van der Waals surface area contributed by atoms with Crippen LogP contribution in [0.25, 0.3) is 21.5 Å². The van der Waals surface area contributed by atoms with Crippen molar-refractivity contribution in [2.45, 2.75) is 26.1 Å². The van der Waals surface area contributed by atoms with Gasteiger partial charge >= 0.3 is 0 Å². The molecule has 0 saturated carbocycles. The topological polar surface area (TPSA) is 102 Å². The van der Waals surface area contributed by atoms with Crippen LogP contribution in [0.4, 0.5) is 5.69 Å². The number of nitro groups is 1. The van der Waals surface area contributed by atoms with Crippen molar-refractivity contribution in [3.05, 3.63) is 81.9 Å². The average Bonchev–Trinajstić information content (AvgIpc) is 2.81. The highest BCUT2D eigenvalue weighted by Crippen LogP contribution is 2.46. The Morgan fingerprint density at radius 1 is 0.938 bits per heavy atom. The van der Waals surface area contributed by atoms with Crippen LogP contribution in [0, 0.1) is 17.0 Å². The maximum absolute atomic E-state index is 11.3. The van der Waals surface area contributed by atoms with Crippen molar-refractivity contribution in [3.63, 3.8) is 0 Å². The Labute approximate surface area is 184 Å². The fourth-order valence-corrected chi connectivity index (χ4v) is 3.98. The lowest BCUT2D eigenvalue weighted by Crippen LogP contribution is -2.20. The number of fused-ring (bicyclic) bond motifs is 2. The lowest BCUT2D eigenvalue weighted by atomic mass is 9.98. The van der Waals surface area contributed by atoms with Crippen molar-refractivity contribution in [2.24, 2.45) is 0 Å². The average molecular weight is 433 g/mol. The number of hydrogen-bond donors (Lipinski definition) is 2. The van der Waals surface area contributed by atoms with Crippen molar-refractivity contribution in [2.75, 3.05) is 7.11 Å². The van der Waals surface area contributed by atoms with Gasteiger partial charge in [0.2, 0.25) is 0 Å². The Morgan fingerprint density at radius 2 is 1.59 bits per heavy atom. The summed E-state index contributed by atoms with van der Waals surface area (Å²) in [5.41, 5.74) is 1.40. The highest BCUT2D eigenvalue weighted by molar-refractivity contribution is 6.12. The molecule has 164 valence electrons. The predicted octanol–water partition coefficient (Wildman–Crippen LogP) is 5.60. The van der Waals surface area contributed by atoms with Gasteiger partial charge in [0.15, 0.2) is 6.29 Å². The standard InChI is InChI=1S/C25H23NO6/c1-15-11-13-19-22(24(28)18-9-5-4-8-17(18)23(19)27)25(15)32-21(31-2)14-12-16-7-3-6-10-20(16)26(29)30/h3-11,13,21,27-28H,12,14H2,1-2H3. The van der Waals surface area contributed by atoms with Gasteiger partial charge in [0.05, 0.1) is 10.3 Å². The Bertz CT molecular complexity index is 1320. The summed E-state index contributed by atoms with van der Waals surface area (Å²) in [6.45, 7) is 1.84. The second-order valence-electron chi connectivity index (χ2n) is 7.58. The molecule has 2 N–H and O–H groups in total. The molecule has 4 aromatic rings. The third-order valence-electron chi connectivity index (χ3n) is 5.63. The summed E-state index contributed by atoms with van der Waals surface area (Å²) in [6, 6.07) is 17.2. The summed E-state index contributed by atoms with van der Waals surface area (Å²) < 4.78 is 11.7. The summed E-state index contributed by atoms with van der Waals surface area (Å²) in [4.78, 5) is 10.9. The third kappa shape index (κ3) is 3.78. The van der Waals surface area contributed by atoms with Crippen LogP contribution in [0.3, 0.4) is 0 Å². The van der Waals surface area contributed by atoms with Crippen LogP contribution < -0.4 is 4.74 Å². The lowest BCUT2D eigenvalue weighted by molar-refractivity contribution is -0.385. The number of nitro benzene ring substituents is 1. The minimum Gasteiger partial charge on any atom is -0.507 e. The fourth-order valence-electron chi connectivity index (χ4n) is 3.98. The van der Waals surface area contributed by atoms with E-state index >= 15 is 0 Å².